The molecule has 0 saturated carbocycles. The van der Waals surface area contributed by atoms with Crippen LogP contribution in [0.1, 0.15) is 0 Å². The van der Waals surface area contributed by atoms with Gasteiger partial charge in [0, 0.05) is 6.07 Å². The molecule has 0 amide bonds. The van der Waals surface area contributed by atoms with E-state index in [-0.39, 0.29) is 33.6 Å². The standard InChI is InChI=1S/C15H10O7S/c16-9-3-1-8(2-4-9)13-14(18)11-6-5-10(17)7-12(11)22-15(13)23(19,20)21/h1-7,16-17H,(H,19,20,21). The van der Waals surface area contributed by atoms with Gasteiger partial charge < -0.3 is 14.6 Å². The van der Waals surface area contributed by atoms with Crippen LogP contribution in [0, 0.1) is 0 Å². The van der Waals surface area contributed by atoms with Crippen LogP contribution in [-0.2, 0) is 10.1 Å². The molecule has 0 saturated heterocycles. The maximum atomic E-state index is 12.6. The van der Waals surface area contributed by atoms with Gasteiger partial charge in [-0.1, -0.05) is 12.1 Å². The van der Waals surface area contributed by atoms with Crippen LogP contribution in [0.15, 0.2) is 56.8 Å². The molecule has 8 heteroatoms. The van der Waals surface area contributed by atoms with Gasteiger partial charge in [0.05, 0.1) is 10.9 Å². The van der Waals surface area contributed by atoms with Gasteiger partial charge in [-0.25, -0.2) is 0 Å². The van der Waals surface area contributed by atoms with Crippen molar-refractivity contribution in [2.24, 2.45) is 0 Å². The van der Waals surface area contributed by atoms with E-state index in [1.54, 1.807) is 0 Å². The van der Waals surface area contributed by atoms with Gasteiger partial charge in [-0.3, -0.25) is 9.35 Å². The summed E-state index contributed by atoms with van der Waals surface area (Å²) in [4.78, 5) is 12.6. The maximum Gasteiger partial charge on any atom is 0.329 e. The molecule has 118 valence electrons. The van der Waals surface area contributed by atoms with E-state index in [0.717, 1.165) is 6.07 Å². The monoisotopic (exact) mass is 334 g/mol. The molecule has 0 spiro atoms. The van der Waals surface area contributed by atoms with Crippen LogP contribution < -0.4 is 5.43 Å². The summed E-state index contributed by atoms with van der Waals surface area (Å²) in [6, 6.07) is 8.80. The molecule has 0 atom stereocenters. The van der Waals surface area contributed by atoms with Crippen molar-refractivity contribution in [2.45, 2.75) is 5.09 Å². The number of benzene rings is 2. The highest BCUT2D eigenvalue weighted by atomic mass is 32.2. The summed E-state index contributed by atoms with van der Waals surface area (Å²) < 4.78 is 37.7. The number of hydrogen-bond donors (Lipinski definition) is 3. The lowest BCUT2D eigenvalue weighted by Gasteiger charge is -2.08. The van der Waals surface area contributed by atoms with Crippen LogP contribution in [0.3, 0.4) is 0 Å². The van der Waals surface area contributed by atoms with Crippen molar-refractivity contribution in [3.8, 4) is 22.6 Å². The number of phenols is 2. The molecule has 7 nitrogen and oxygen atoms in total. The fourth-order valence-electron chi connectivity index (χ4n) is 2.22. The average Bonchev–Trinajstić information content (AvgIpc) is 2.47. The molecule has 1 heterocycles. The largest absolute Gasteiger partial charge is 0.508 e. The second kappa shape index (κ2) is 5.11. The van der Waals surface area contributed by atoms with Crippen molar-refractivity contribution in [1.82, 2.24) is 0 Å². The summed E-state index contributed by atoms with van der Waals surface area (Å²) in [5.74, 6) is -0.295. The third-order valence-corrected chi connectivity index (χ3v) is 3.99. The van der Waals surface area contributed by atoms with Crippen molar-refractivity contribution < 1.29 is 27.6 Å². The second-order valence-corrected chi connectivity index (χ2v) is 6.12. The lowest BCUT2D eigenvalue weighted by atomic mass is 10.1. The first kappa shape index (κ1) is 15.1. The molecular weight excluding hydrogens is 324 g/mol. The Morgan fingerprint density at radius 1 is 0.913 bits per heavy atom. The number of fused-ring (bicyclic) bond motifs is 1. The summed E-state index contributed by atoms with van der Waals surface area (Å²) >= 11 is 0. The van der Waals surface area contributed by atoms with E-state index in [0.29, 0.717) is 0 Å². The van der Waals surface area contributed by atoms with Crippen molar-refractivity contribution in [3.63, 3.8) is 0 Å². The van der Waals surface area contributed by atoms with Crippen molar-refractivity contribution in [2.75, 3.05) is 0 Å². The normalized spacial score (nSPS) is 11.7. The Hall–Kier alpha value is -2.84. The topological polar surface area (TPSA) is 125 Å². The molecule has 0 fully saturated rings. The molecule has 23 heavy (non-hydrogen) atoms. The zero-order valence-electron chi connectivity index (χ0n) is 11.4. The minimum absolute atomic E-state index is 0.0401. The van der Waals surface area contributed by atoms with Gasteiger partial charge in [-0.05, 0) is 29.8 Å². The molecular formula is C15H10O7S. The number of rotatable bonds is 2. The van der Waals surface area contributed by atoms with Gasteiger partial charge in [0.2, 0.25) is 5.43 Å². The smallest absolute Gasteiger partial charge is 0.329 e. The van der Waals surface area contributed by atoms with Crippen LogP contribution in [-0.4, -0.2) is 23.2 Å². The lowest BCUT2D eigenvalue weighted by molar-refractivity contribution is 0.417. The summed E-state index contributed by atoms with van der Waals surface area (Å²) in [6.07, 6.45) is 0. The van der Waals surface area contributed by atoms with E-state index in [1.165, 1.54) is 36.4 Å². The second-order valence-electron chi connectivity index (χ2n) is 4.80. The van der Waals surface area contributed by atoms with Crippen LogP contribution in [0.4, 0.5) is 0 Å². The minimum atomic E-state index is -4.83. The number of phenolic OH excluding ortho intramolecular Hbond substituents is 2. The molecule has 3 rings (SSSR count). The summed E-state index contributed by atoms with van der Waals surface area (Å²) in [7, 11) is -4.83. The van der Waals surface area contributed by atoms with Crippen LogP contribution >= 0.6 is 0 Å². The lowest BCUT2D eigenvalue weighted by Crippen LogP contribution is -2.12. The maximum absolute atomic E-state index is 12.6. The molecule has 0 bridgehead atoms. The highest BCUT2D eigenvalue weighted by Crippen LogP contribution is 2.30. The fourth-order valence-corrected chi connectivity index (χ4v) is 2.88. The predicted molar refractivity (Wildman–Crippen MR) is 81.1 cm³/mol. The first-order valence-corrected chi connectivity index (χ1v) is 7.78. The van der Waals surface area contributed by atoms with E-state index in [9.17, 15) is 28.0 Å². The van der Waals surface area contributed by atoms with Crippen molar-refractivity contribution in [1.29, 1.82) is 0 Å². The molecule has 1 aromatic heterocycles. The Kier molecular flexibility index (Phi) is 3.35. The third-order valence-electron chi connectivity index (χ3n) is 3.23. The van der Waals surface area contributed by atoms with Crippen molar-refractivity contribution in [3.05, 3.63) is 52.7 Å². The van der Waals surface area contributed by atoms with E-state index in [2.05, 4.69) is 0 Å². The zero-order chi connectivity index (χ0) is 16.8. The molecule has 0 aliphatic carbocycles. The zero-order valence-corrected chi connectivity index (χ0v) is 12.2. The SMILES string of the molecule is O=c1c(-c2ccc(O)cc2)c(S(=O)(=O)O)oc2cc(O)ccc12. The van der Waals surface area contributed by atoms with E-state index in [4.69, 9.17) is 4.42 Å². The Bertz CT molecular complexity index is 1060. The summed E-state index contributed by atoms with van der Waals surface area (Å²) in [5, 5.41) is 17.9. The third kappa shape index (κ3) is 2.65. The van der Waals surface area contributed by atoms with Gasteiger partial charge in [-0.15, -0.1) is 0 Å². The Labute approximate surface area is 129 Å². The fraction of sp³-hybridized carbons (Fsp3) is 0. The summed E-state index contributed by atoms with van der Waals surface area (Å²) in [6.45, 7) is 0. The first-order chi connectivity index (χ1) is 10.8. The van der Waals surface area contributed by atoms with Crippen LogP contribution in [0.5, 0.6) is 11.5 Å². The quantitative estimate of drug-likeness (QED) is 0.613. The highest BCUT2D eigenvalue weighted by molar-refractivity contribution is 7.85. The van der Waals surface area contributed by atoms with E-state index < -0.39 is 20.6 Å². The van der Waals surface area contributed by atoms with Gasteiger partial charge in [-0.2, -0.15) is 8.42 Å². The Balaban J connectivity index is 2.48. The first-order valence-electron chi connectivity index (χ1n) is 6.34. The van der Waals surface area contributed by atoms with Crippen LogP contribution in [0.2, 0.25) is 0 Å². The Morgan fingerprint density at radius 3 is 2.13 bits per heavy atom. The molecule has 0 unspecified atom stereocenters. The molecule has 0 aliphatic rings. The molecule has 2 aromatic carbocycles. The van der Waals surface area contributed by atoms with Gasteiger partial charge in [0.1, 0.15) is 17.1 Å². The van der Waals surface area contributed by atoms with Gasteiger partial charge in [0.25, 0.3) is 5.09 Å². The van der Waals surface area contributed by atoms with Crippen molar-refractivity contribution >= 4 is 21.1 Å². The predicted octanol–water partition coefficient (Wildman–Crippen LogP) is 2.12. The molecule has 0 radical (unpaired) electrons. The average molecular weight is 334 g/mol. The molecule has 0 aliphatic heterocycles. The highest BCUT2D eigenvalue weighted by Gasteiger charge is 2.25. The molecule has 3 aromatic rings. The van der Waals surface area contributed by atoms with Gasteiger partial charge >= 0.3 is 10.1 Å². The summed E-state index contributed by atoms with van der Waals surface area (Å²) in [5.41, 5.74) is -1.07. The number of hydrogen-bond acceptors (Lipinski definition) is 6. The van der Waals surface area contributed by atoms with E-state index in [1.807, 2.05) is 0 Å². The Morgan fingerprint density at radius 2 is 1.52 bits per heavy atom. The minimum Gasteiger partial charge on any atom is -0.508 e. The van der Waals surface area contributed by atoms with Gasteiger partial charge in [0.15, 0.2) is 0 Å². The molecule has 3 N–H and O–H groups in total. The van der Waals surface area contributed by atoms with Crippen LogP contribution in [0.25, 0.3) is 22.1 Å². The number of aromatic hydroxyl groups is 2. The van der Waals surface area contributed by atoms with E-state index >= 15 is 0 Å².